The van der Waals surface area contributed by atoms with Crippen LogP contribution in [0.15, 0.2) is 0 Å². The van der Waals surface area contributed by atoms with E-state index in [2.05, 4.69) is 0 Å². The summed E-state index contributed by atoms with van der Waals surface area (Å²) in [5.74, 6) is 1.74. The van der Waals surface area contributed by atoms with E-state index in [9.17, 15) is 9.00 Å². The Hall–Kier alpha value is 0.170. The molecule has 0 aliphatic carbocycles. The summed E-state index contributed by atoms with van der Waals surface area (Å²) in [5, 5.41) is 0. The van der Waals surface area contributed by atoms with E-state index in [4.69, 9.17) is 0 Å². The van der Waals surface area contributed by atoms with Gasteiger partial charge in [0.1, 0.15) is 6.29 Å². The fourth-order valence-corrected chi connectivity index (χ4v) is 3.46. The Morgan fingerprint density at radius 3 is 2.83 bits per heavy atom. The van der Waals surface area contributed by atoms with Gasteiger partial charge in [0.2, 0.25) is 0 Å². The summed E-state index contributed by atoms with van der Waals surface area (Å²) in [6, 6.07) is 0. The molecule has 12 heavy (non-hydrogen) atoms. The van der Waals surface area contributed by atoms with Gasteiger partial charge in [0.25, 0.3) is 0 Å². The zero-order chi connectivity index (χ0) is 9.03. The van der Waals surface area contributed by atoms with E-state index in [0.29, 0.717) is 5.75 Å². The second-order valence-corrected chi connectivity index (χ2v) is 6.23. The molecule has 1 fully saturated rings. The van der Waals surface area contributed by atoms with Gasteiger partial charge in [0.05, 0.1) is 4.75 Å². The lowest BCUT2D eigenvalue weighted by atomic mass is 10.0. The molecule has 1 saturated heterocycles. The molecule has 0 aromatic rings. The summed E-state index contributed by atoms with van der Waals surface area (Å²) in [6.07, 6.45) is 5.62. The van der Waals surface area contributed by atoms with Gasteiger partial charge in [0, 0.05) is 22.8 Å². The lowest BCUT2D eigenvalue weighted by Crippen LogP contribution is -2.25. The highest BCUT2D eigenvalue weighted by molar-refractivity contribution is 8.01. The number of carbonyl (C=O) groups is 1. The van der Waals surface area contributed by atoms with Crippen LogP contribution in [0, 0.1) is 0 Å². The third-order valence-corrected chi connectivity index (χ3v) is 4.51. The van der Waals surface area contributed by atoms with Crippen LogP contribution in [0.1, 0.15) is 19.3 Å². The van der Waals surface area contributed by atoms with Crippen LogP contribution in [0.25, 0.3) is 0 Å². The van der Waals surface area contributed by atoms with E-state index in [-0.39, 0.29) is 4.75 Å². The molecule has 0 radical (unpaired) electrons. The topological polar surface area (TPSA) is 34.1 Å². The lowest BCUT2D eigenvalue weighted by molar-refractivity contribution is -0.109. The first-order valence-electron chi connectivity index (χ1n) is 4.09. The maximum Gasteiger partial charge on any atom is 0.136 e. The third-order valence-electron chi connectivity index (χ3n) is 2.16. The molecule has 0 saturated carbocycles. The molecule has 1 rings (SSSR count). The molecule has 0 N–H and O–H groups in total. The zero-order valence-electron chi connectivity index (χ0n) is 7.25. The summed E-state index contributed by atoms with van der Waals surface area (Å²) < 4.78 is 10.7. The molecule has 0 bridgehead atoms. The van der Waals surface area contributed by atoms with E-state index in [1.807, 2.05) is 0 Å². The van der Waals surface area contributed by atoms with Gasteiger partial charge in [-0.15, -0.1) is 11.8 Å². The molecule has 0 aromatic carbocycles. The monoisotopic (exact) mass is 206 g/mol. The molecule has 70 valence electrons. The summed E-state index contributed by atoms with van der Waals surface area (Å²) in [4.78, 5) is 10.8. The van der Waals surface area contributed by atoms with Gasteiger partial charge in [0.15, 0.2) is 0 Å². The van der Waals surface area contributed by atoms with Crippen molar-refractivity contribution in [3.05, 3.63) is 0 Å². The Kier molecular flexibility index (Phi) is 3.77. The van der Waals surface area contributed by atoms with Crippen molar-refractivity contribution in [2.24, 2.45) is 0 Å². The molecule has 2 nitrogen and oxygen atoms in total. The van der Waals surface area contributed by atoms with Gasteiger partial charge >= 0.3 is 0 Å². The first-order valence-corrected chi connectivity index (χ1v) is 6.80. The van der Waals surface area contributed by atoms with E-state index < -0.39 is 10.8 Å². The number of rotatable bonds is 4. The van der Waals surface area contributed by atoms with Crippen molar-refractivity contribution in [1.29, 1.82) is 0 Å². The summed E-state index contributed by atoms with van der Waals surface area (Å²) in [7, 11) is -0.761. The summed E-state index contributed by atoms with van der Waals surface area (Å²) >= 11 is 1.73. The average Bonchev–Trinajstić information content (AvgIpc) is 2.50. The molecule has 0 amide bonds. The quantitative estimate of drug-likeness (QED) is 0.649. The van der Waals surface area contributed by atoms with E-state index >= 15 is 0 Å². The Morgan fingerprint density at radius 2 is 2.42 bits per heavy atom. The van der Waals surface area contributed by atoms with Crippen LogP contribution >= 0.6 is 11.8 Å². The molecule has 4 heteroatoms. The van der Waals surface area contributed by atoms with Crippen molar-refractivity contribution < 1.29 is 9.00 Å². The zero-order valence-corrected chi connectivity index (χ0v) is 8.88. The Morgan fingerprint density at radius 1 is 1.67 bits per heavy atom. The standard InChI is InChI=1S/C8H14O2S2/c1-12(10)6-4-8(7-9)3-2-5-11-8/h7H,2-6H2,1H3. The number of thioether (sulfide) groups is 1. The Balaban J connectivity index is 2.44. The van der Waals surface area contributed by atoms with Crippen LogP contribution in [0.2, 0.25) is 0 Å². The van der Waals surface area contributed by atoms with Gasteiger partial charge in [-0.2, -0.15) is 0 Å². The van der Waals surface area contributed by atoms with Gasteiger partial charge in [-0.25, -0.2) is 0 Å². The van der Waals surface area contributed by atoms with Crippen LogP contribution in [0.5, 0.6) is 0 Å². The molecule has 0 spiro atoms. The molecular formula is C8H14O2S2. The van der Waals surface area contributed by atoms with Crippen LogP contribution in [-0.2, 0) is 15.6 Å². The number of aldehydes is 1. The normalized spacial score (nSPS) is 31.8. The molecule has 2 unspecified atom stereocenters. The fraction of sp³-hybridized carbons (Fsp3) is 0.875. The van der Waals surface area contributed by atoms with Crippen molar-refractivity contribution >= 4 is 28.8 Å². The molecular weight excluding hydrogens is 192 g/mol. The first-order chi connectivity index (χ1) is 5.68. The SMILES string of the molecule is CS(=O)CCC1(C=O)CCCS1. The molecule has 1 heterocycles. The Labute approximate surface area is 79.9 Å². The number of hydrogen-bond acceptors (Lipinski definition) is 3. The second-order valence-electron chi connectivity index (χ2n) is 3.16. The smallest absolute Gasteiger partial charge is 0.136 e. The molecule has 1 aliphatic rings. The third kappa shape index (κ3) is 2.59. The van der Waals surface area contributed by atoms with Crippen molar-refractivity contribution in [3.8, 4) is 0 Å². The fourth-order valence-electron chi connectivity index (χ4n) is 1.38. The Bertz CT molecular complexity index is 185. The average molecular weight is 206 g/mol. The minimum absolute atomic E-state index is 0.189. The maximum atomic E-state index is 10.8. The van der Waals surface area contributed by atoms with Crippen LogP contribution in [-0.4, -0.2) is 33.0 Å². The molecule has 0 aromatic heterocycles. The van der Waals surface area contributed by atoms with E-state index in [1.54, 1.807) is 18.0 Å². The molecule has 2 atom stereocenters. The first kappa shape index (κ1) is 10.3. The van der Waals surface area contributed by atoms with Crippen molar-refractivity contribution in [3.63, 3.8) is 0 Å². The molecule has 1 aliphatic heterocycles. The van der Waals surface area contributed by atoms with E-state index in [0.717, 1.165) is 31.3 Å². The van der Waals surface area contributed by atoms with Gasteiger partial charge in [-0.3, -0.25) is 4.21 Å². The van der Waals surface area contributed by atoms with Gasteiger partial charge < -0.3 is 4.79 Å². The predicted octanol–water partition coefficient (Wildman–Crippen LogP) is 1.22. The minimum atomic E-state index is -0.761. The lowest BCUT2D eigenvalue weighted by Gasteiger charge is -2.19. The van der Waals surface area contributed by atoms with Crippen LogP contribution < -0.4 is 0 Å². The van der Waals surface area contributed by atoms with Gasteiger partial charge in [-0.05, 0) is 25.0 Å². The van der Waals surface area contributed by atoms with Crippen molar-refractivity contribution in [2.45, 2.75) is 24.0 Å². The van der Waals surface area contributed by atoms with Crippen molar-refractivity contribution in [1.82, 2.24) is 0 Å². The minimum Gasteiger partial charge on any atom is -0.302 e. The maximum absolute atomic E-state index is 10.8. The highest BCUT2D eigenvalue weighted by atomic mass is 32.2. The van der Waals surface area contributed by atoms with Gasteiger partial charge in [-0.1, -0.05) is 0 Å². The largest absolute Gasteiger partial charge is 0.302 e. The number of carbonyl (C=O) groups excluding carboxylic acids is 1. The predicted molar refractivity (Wildman–Crippen MR) is 54.0 cm³/mol. The van der Waals surface area contributed by atoms with Crippen molar-refractivity contribution in [2.75, 3.05) is 17.8 Å². The summed E-state index contributed by atoms with van der Waals surface area (Å²) in [5.41, 5.74) is 0. The summed E-state index contributed by atoms with van der Waals surface area (Å²) in [6.45, 7) is 0. The van der Waals surface area contributed by atoms with E-state index in [1.165, 1.54) is 0 Å². The van der Waals surface area contributed by atoms with Crippen LogP contribution in [0.3, 0.4) is 0 Å². The highest BCUT2D eigenvalue weighted by Crippen LogP contribution is 2.39. The second kappa shape index (κ2) is 4.42. The van der Waals surface area contributed by atoms with Crippen LogP contribution in [0.4, 0.5) is 0 Å². The highest BCUT2D eigenvalue weighted by Gasteiger charge is 2.33. The number of hydrogen-bond donors (Lipinski definition) is 0.